The molecule has 2 rings (SSSR count). The Morgan fingerprint density at radius 2 is 2.15 bits per heavy atom. The summed E-state index contributed by atoms with van der Waals surface area (Å²) in [7, 11) is 0. The fourth-order valence-electron chi connectivity index (χ4n) is 2.32. The predicted molar refractivity (Wildman–Crippen MR) is 72.6 cm³/mol. The minimum atomic E-state index is -0.461. The monoisotopic (exact) mass is 280 g/mol. The van der Waals surface area contributed by atoms with Gasteiger partial charge in [-0.3, -0.25) is 9.59 Å². The van der Waals surface area contributed by atoms with Crippen molar-refractivity contribution >= 4 is 11.8 Å². The quantitative estimate of drug-likeness (QED) is 0.835. The van der Waals surface area contributed by atoms with Gasteiger partial charge in [-0.25, -0.2) is 0 Å². The van der Waals surface area contributed by atoms with Crippen LogP contribution in [0.25, 0.3) is 0 Å². The van der Waals surface area contributed by atoms with Crippen molar-refractivity contribution in [2.75, 3.05) is 26.2 Å². The van der Waals surface area contributed by atoms with Gasteiger partial charge in [0, 0.05) is 25.7 Å². The second kappa shape index (κ2) is 5.98. The number of piperazine rings is 1. The molecule has 110 valence electrons. The van der Waals surface area contributed by atoms with Crippen LogP contribution in [0.1, 0.15) is 31.3 Å². The molecule has 1 fully saturated rings. The summed E-state index contributed by atoms with van der Waals surface area (Å²) in [5, 5.41) is 0. The average molecular weight is 280 g/mol. The van der Waals surface area contributed by atoms with Gasteiger partial charge in [0.05, 0.1) is 6.61 Å². The first-order valence-electron chi connectivity index (χ1n) is 6.90. The molecule has 2 amide bonds. The SMILES string of the molecule is CCOc1ccc(C(=O)N2CCN(CC)C(=O)[C@@H]2C)o1. The Morgan fingerprint density at radius 3 is 2.80 bits per heavy atom. The van der Waals surface area contributed by atoms with Crippen LogP contribution in [-0.2, 0) is 4.79 Å². The third kappa shape index (κ3) is 2.64. The van der Waals surface area contributed by atoms with Gasteiger partial charge in [-0.2, -0.15) is 0 Å². The highest BCUT2D eigenvalue weighted by Gasteiger charge is 2.35. The number of ether oxygens (including phenoxy) is 1. The summed E-state index contributed by atoms with van der Waals surface area (Å²) < 4.78 is 10.5. The summed E-state index contributed by atoms with van der Waals surface area (Å²) in [5.74, 6) is 0.233. The molecule has 1 aliphatic heterocycles. The van der Waals surface area contributed by atoms with E-state index < -0.39 is 6.04 Å². The van der Waals surface area contributed by atoms with Crippen molar-refractivity contribution in [2.24, 2.45) is 0 Å². The van der Waals surface area contributed by atoms with Crippen LogP contribution in [0.5, 0.6) is 5.95 Å². The molecule has 0 saturated carbocycles. The molecule has 0 aliphatic carbocycles. The van der Waals surface area contributed by atoms with E-state index in [1.165, 1.54) is 0 Å². The summed E-state index contributed by atoms with van der Waals surface area (Å²) in [6.45, 7) is 7.74. The average Bonchev–Trinajstić information content (AvgIpc) is 2.90. The van der Waals surface area contributed by atoms with E-state index in [0.717, 1.165) is 0 Å². The molecule has 6 nitrogen and oxygen atoms in total. The zero-order valence-electron chi connectivity index (χ0n) is 12.1. The van der Waals surface area contributed by atoms with Crippen molar-refractivity contribution in [3.63, 3.8) is 0 Å². The molecule has 0 unspecified atom stereocenters. The van der Waals surface area contributed by atoms with Crippen molar-refractivity contribution in [2.45, 2.75) is 26.8 Å². The Hall–Kier alpha value is -1.98. The second-order valence-corrected chi connectivity index (χ2v) is 4.64. The van der Waals surface area contributed by atoms with Gasteiger partial charge in [0.15, 0.2) is 5.76 Å². The molecule has 1 aromatic heterocycles. The molecule has 0 spiro atoms. The lowest BCUT2D eigenvalue weighted by atomic mass is 10.1. The highest BCUT2D eigenvalue weighted by atomic mass is 16.6. The van der Waals surface area contributed by atoms with E-state index in [1.807, 2.05) is 13.8 Å². The molecule has 0 aromatic carbocycles. The number of hydrogen-bond acceptors (Lipinski definition) is 4. The fourth-order valence-corrected chi connectivity index (χ4v) is 2.32. The van der Waals surface area contributed by atoms with Crippen molar-refractivity contribution < 1.29 is 18.7 Å². The number of nitrogens with zero attached hydrogens (tertiary/aromatic N) is 2. The van der Waals surface area contributed by atoms with Crippen molar-refractivity contribution in [1.29, 1.82) is 0 Å². The largest absolute Gasteiger partial charge is 0.465 e. The van der Waals surface area contributed by atoms with Crippen LogP contribution in [0.15, 0.2) is 16.5 Å². The molecule has 6 heteroatoms. The number of hydrogen-bond donors (Lipinski definition) is 0. The van der Waals surface area contributed by atoms with Crippen LogP contribution in [0.3, 0.4) is 0 Å². The summed E-state index contributed by atoms with van der Waals surface area (Å²) >= 11 is 0. The van der Waals surface area contributed by atoms with Crippen LogP contribution in [0, 0.1) is 0 Å². The number of carbonyl (C=O) groups is 2. The maximum Gasteiger partial charge on any atom is 0.290 e. The van der Waals surface area contributed by atoms with E-state index in [9.17, 15) is 9.59 Å². The molecule has 1 saturated heterocycles. The first-order chi connectivity index (χ1) is 9.58. The Labute approximate surface area is 118 Å². The number of furan rings is 1. The minimum absolute atomic E-state index is 0.0244. The van der Waals surface area contributed by atoms with Crippen LogP contribution >= 0.6 is 0 Å². The number of carbonyl (C=O) groups excluding carboxylic acids is 2. The lowest BCUT2D eigenvalue weighted by molar-refractivity contribution is -0.139. The standard InChI is InChI=1S/C14H20N2O4/c1-4-15-8-9-16(10(3)13(15)17)14(18)11-6-7-12(20-11)19-5-2/h6-7,10H,4-5,8-9H2,1-3H3/t10-/m0/s1. The summed E-state index contributed by atoms with van der Waals surface area (Å²) in [4.78, 5) is 27.8. The zero-order chi connectivity index (χ0) is 14.7. The van der Waals surface area contributed by atoms with E-state index in [1.54, 1.807) is 28.9 Å². The van der Waals surface area contributed by atoms with Crippen LogP contribution in [0.4, 0.5) is 0 Å². The Balaban J connectivity index is 2.10. The van der Waals surface area contributed by atoms with Crippen LogP contribution < -0.4 is 4.74 Å². The van der Waals surface area contributed by atoms with E-state index in [2.05, 4.69) is 0 Å². The predicted octanol–water partition coefficient (Wildman–Crippen LogP) is 1.37. The summed E-state index contributed by atoms with van der Waals surface area (Å²) in [6, 6.07) is 2.74. The van der Waals surface area contributed by atoms with Gasteiger partial charge in [0.25, 0.3) is 11.9 Å². The van der Waals surface area contributed by atoms with Gasteiger partial charge in [0.2, 0.25) is 5.91 Å². The molecular formula is C14H20N2O4. The molecule has 1 aromatic rings. The van der Waals surface area contributed by atoms with Gasteiger partial charge in [-0.15, -0.1) is 0 Å². The van der Waals surface area contributed by atoms with Crippen LogP contribution in [0.2, 0.25) is 0 Å². The van der Waals surface area contributed by atoms with Crippen LogP contribution in [-0.4, -0.2) is 53.9 Å². The van der Waals surface area contributed by atoms with E-state index >= 15 is 0 Å². The fraction of sp³-hybridized carbons (Fsp3) is 0.571. The number of rotatable bonds is 4. The van der Waals surface area contributed by atoms with E-state index in [0.29, 0.717) is 32.2 Å². The van der Waals surface area contributed by atoms with Gasteiger partial charge in [-0.05, 0) is 26.8 Å². The molecule has 20 heavy (non-hydrogen) atoms. The first-order valence-corrected chi connectivity index (χ1v) is 6.90. The third-order valence-electron chi connectivity index (χ3n) is 3.47. The van der Waals surface area contributed by atoms with Crippen molar-refractivity contribution in [3.05, 3.63) is 17.9 Å². The smallest absolute Gasteiger partial charge is 0.290 e. The Bertz CT molecular complexity index is 497. The molecule has 0 bridgehead atoms. The number of likely N-dealkylation sites (N-methyl/N-ethyl adjacent to an activating group) is 1. The zero-order valence-corrected chi connectivity index (χ0v) is 12.1. The first kappa shape index (κ1) is 14.4. The Morgan fingerprint density at radius 1 is 1.40 bits per heavy atom. The van der Waals surface area contributed by atoms with E-state index in [4.69, 9.17) is 9.15 Å². The maximum atomic E-state index is 12.4. The topological polar surface area (TPSA) is 63.0 Å². The van der Waals surface area contributed by atoms with Gasteiger partial charge in [0.1, 0.15) is 6.04 Å². The minimum Gasteiger partial charge on any atom is -0.465 e. The normalized spacial score (nSPS) is 19.4. The third-order valence-corrected chi connectivity index (χ3v) is 3.47. The molecule has 1 atom stereocenters. The lowest BCUT2D eigenvalue weighted by Crippen LogP contribution is -2.57. The molecule has 0 radical (unpaired) electrons. The van der Waals surface area contributed by atoms with Crippen molar-refractivity contribution in [3.8, 4) is 5.95 Å². The lowest BCUT2D eigenvalue weighted by Gasteiger charge is -2.38. The van der Waals surface area contributed by atoms with Crippen molar-refractivity contribution in [1.82, 2.24) is 9.80 Å². The Kier molecular flexibility index (Phi) is 4.32. The number of amides is 2. The highest BCUT2D eigenvalue weighted by Crippen LogP contribution is 2.20. The second-order valence-electron chi connectivity index (χ2n) is 4.64. The van der Waals surface area contributed by atoms with E-state index in [-0.39, 0.29) is 17.6 Å². The van der Waals surface area contributed by atoms with Gasteiger partial charge < -0.3 is 19.0 Å². The maximum absolute atomic E-state index is 12.4. The molecular weight excluding hydrogens is 260 g/mol. The van der Waals surface area contributed by atoms with Gasteiger partial charge in [-0.1, -0.05) is 0 Å². The molecule has 2 heterocycles. The molecule has 1 aliphatic rings. The highest BCUT2D eigenvalue weighted by molar-refractivity contribution is 5.96. The molecule has 0 N–H and O–H groups in total. The summed E-state index contributed by atoms with van der Waals surface area (Å²) in [5.41, 5.74) is 0. The summed E-state index contributed by atoms with van der Waals surface area (Å²) in [6.07, 6.45) is 0. The van der Waals surface area contributed by atoms with Gasteiger partial charge >= 0.3 is 0 Å².